The van der Waals surface area contributed by atoms with Crippen LogP contribution in [-0.2, 0) is 9.59 Å². The lowest BCUT2D eigenvalue weighted by molar-refractivity contribution is -0.128. The van der Waals surface area contributed by atoms with Crippen molar-refractivity contribution >= 4 is 45.8 Å². The second-order valence-corrected chi connectivity index (χ2v) is 6.22. The Kier molecular flexibility index (Phi) is 8.66. The van der Waals surface area contributed by atoms with Crippen LogP contribution < -0.4 is 16.4 Å². The van der Waals surface area contributed by atoms with Gasteiger partial charge in [-0.1, -0.05) is 29.3 Å². The summed E-state index contributed by atoms with van der Waals surface area (Å²) in [4.78, 5) is 23.7. The fraction of sp³-hybridized carbons (Fsp3) is 0.467. The first-order valence-electron chi connectivity index (χ1n) is 6.89. The molecule has 1 atom stereocenters. The molecule has 7 heteroatoms. The van der Waals surface area contributed by atoms with Crippen LogP contribution in [0.5, 0.6) is 0 Å². The minimum absolute atomic E-state index is 0. The molecule has 0 aliphatic carbocycles. The van der Waals surface area contributed by atoms with Crippen LogP contribution in [0.25, 0.3) is 0 Å². The molecule has 1 aromatic rings. The molecule has 0 aliphatic rings. The van der Waals surface area contributed by atoms with E-state index in [1.165, 1.54) is 0 Å². The highest BCUT2D eigenvalue weighted by molar-refractivity contribution is 9.10. The van der Waals surface area contributed by atoms with E-state index in [0.717, 1.165) is 16.5 Å². The van der Waals surface area contributed by atoms with Gasteiger partial charge in [-0.3, -0.25) is 9.59 Å². The number of aryl methyl sites for hydroxylation is 1. The molecule has 0 spiro atoms. The maximum atomic E-state index is 11.9. The van der Waals surface area contributed by atoms with Gasteiger partial charge in [0.25, 0.3) is 0 Å². The molecule has 1 rings (SSSR count). The van der Waals surface area contributed by atoms with Gasteiger partial charge in [-0.25, -0.2) is 0 Å². The van der Waals surface area contributed by atoms with Crippen molar-refractivity contribution in [3.63, 3.8) is 0 Å². The number of hydrogen-bond acceptors (Lipinski definition) is 3. The van der Waals surface area contributed by atoms with Crippen LogP contribution in [0.2, 0.25) is 0 Å². The summed E-state index contributed by atoms with van der Waals surface area (Å²) in [7, 11) is 0. The number of rotatable bonds is 6. The number of carbonyl (C=O) groups excluding carboxylic acids is 2. The summed E-state index contributed by atoms with van der Waals surface area (Å²) in [6.45, 7) is 5.47. The highest BCUT2D eigenvalue weighted by Crippen LogP contribution is 2.19. The lowest BCUT2D eigenvalue weighted by Gasteiger charge is -2.22. The van der Waals surface area contributed by atoms with Crippen molar-refractivity contribution in [2.24, 2.45) is 5.73 Å². The second kappa shape index (κ2) is 9.12. The summed E-state index contributed by atoms with van der Waals surface area (Å²) in [5.41, 5.74) is 6.67. The third kappa shape index (κ3) is 6.34. The first-order chi connectivity index (χ1) is 9.76. The van der Waals surface area contributed by atoms with E-state index in [1.54, 1.807) is 13.0 Å². The van der Waals surface area contributed by atoms with Crippen LogP contribution in [0, 0.1) is 6.92 Å². The Bertz CT molecular complexity index is 536. The first kappa shape index (κ1) is 20.9. The zero-order valence-corrected chi connectivity index (χ0v) is 15.4. The Morgan fingerprint density at radius 1 is 1.36 bits per heavy atom. The number of nitrogens with one attached hydrogen (secondary N) is 2. The van der Waals surface area contributed by atoms with E-state index in [1.807, 2.05) is 26.0 Å². The summed E-state index contributed by atoms with van der Waals surface area (Å²) < 4.78 is 0.979. The molecule has 124 valence electrons. The number of anilines is 1. The maximum absolute atomic E-state index is 11.9. The topological polar surface area (TPSA) is 84.2 Å². The zero-order chi connectivity index (χ0) is 16.0. The fourth-order valence-electron chi connectivity index (χ4n) is 1.92. The molecule has 2 amide bonds. The SMILES string of the molecule is CCCC(C)(N)C(=O)NCC(=O)Nc1ccc(Br)c(C)c1.Cl. The van der Waals surface area contributed by atoms with Crippen molar-refractivity contribution in [2.45, 2.75) is 39.2 Å². The van der Waals surface area contributed by atoms with E-state index in [4.69, 9.17) is 5.73 Å². The van der Waals surface area contributed by atoms with E-state index in [0.29, 0.717) is 12.1 Å². The predicted molar refractivity (Wildman–Crippen MR) is 95.3 cm³/mol. The molecule has 1 aromatic carbocycles. The average molecular weight is 393 g/mol. The van der Waals surface area contributed by atoms with Gasteiger partial charge in [-0.05, 0) is 44.0 Å². The fourth-order valence-corrected chi connectivity index (χ4v) is 2.17. The molecule has 22 heavy (non-hydrogen) atoms. The third-order valence-electron chi connectivity index (χ3n) is 3.14. The smallest absolute Gasteiger partial charge is 0.243 e. The van der Waals surface area contributed by atoms with Crippen molar-refractivity contribution < 1.29 is 9.59 Å². The Morgan fingerprint density at radius 3 is 2.55 bits per heavy atom. The molecule has 0 fully saturated rings. The van der Waals surface area contributed by atoms with E-state index >= 15 is 0 Å². The van der Waals surface area contributed by atoms with Crippen LogP contribution >= 0.6 is 28.3 Å². The standard InChI is InChI=1S/C15H22BrN3O2.ClH/c1-4-7-15(3,17)14(21)18-9-13(20)19-11-5-6-12(16)10(2)8-11;/h5-6,8H,4,7,9,17H2,1-3H3,(H,18,21)(H,19,20);1H. The Balaban J connectivity index is 0.00000441. The van der Waals surface area contributed by atoms with Gasteiger partial charge < -0.3 is 16.4 Å². The van der Waals surface area contributed by atoms with Gasteiger partial charge in [0.05, 0.1) is 12.1 Å². The van der Waals surface area contributed by atoms with E-state index < -0.39 is 5.54 Å². The molecule has 0 saturated carbocycles. The van der Waals surface area contributed by atoms with Gasteiger partial charge in [-0.2, -0.15) is 0 Å². The summed E-state index contributed by atoms with van der Waals surface area (Å²) >= 11 is 3.40. The van der Waals surface area contributed by atoms with Crippen molar-refractivity contribution in [1.82, 2.24) is 5.32 Å². The van der Waals surface area contributed by atoms with Crippen molar-refractivity contribution in [2.75, 3.05) is 11.9 Å². The third-order valence-corrected chi connectivity index (χ3v) is 4.03. The minimum atomic E-state index is -0.941. The highest BCUT2D eigenvalue weighted by Gasteiger charge is 2.27. The molecule has 0 heterocycles. The van der Waals surface area contributed by atoms with Gasteiger partial charge in [0.15, 0.2) is 0 Å². The molecule has 5 nitrogen and oxygen atoms in total. The lowest BCUT2D eigenvalue weighted by atomic mass is 9.96. The monoisotopic (exact) mass is 391 g/mol. The molecule has 0 bridgehead atoms. The first-order valence-corrected chi connectivity index (χ1v) is 7.68. The van der Waals surface area contributed by atoms with Crippen LogP contribution in [0.3, 0.4) is 0 Å². The normalized spacial score (nSPS) is 12.8. The quantitative estimate of drug-likeness (QED) is 0.696. The van der Waals surface area contributed by atoms with Gasteiger partial charge in [0, 0.05) is 10.2 Å². The number of nitrogens with two attached hydrogens (primary N) is 1. The Hall–Kier alpha value is -1.11. The molecular formula is C15H23BrClN3O2. The number of halogens is 2. The van der Waals surface area contributed by atoms with Crippen LogP contribution in [0.1, 0.15) is 32.3 Å². The predicted octanol–water partition coefficient (Wildman–Crippen LogP) is 2.75. The lowest BCUT2D eigenvalue weighted by Crippen LogP contribution is -2.52. The van der Waals surface area contributed by atoms with E-state index in [2.05, 4.69) is 26.6 Å². The van der Waals surface area contributed by atoms with E-state index in [-0.39, 0.29) is 30.8 Å². The highest BCUT2D eigenvalue weighted by atomic mass is 79.9. The molecular weight excluding hydrogens is 370 g/mol. The van der Waals surface area contributed by atoms with Crippen molar-refractivity contribution in [3.05, 3.63) is 28.2 Å². The summed E-state index contributed by atoms with van der Waals surface area (Å²) in [5, 5.41) is 5.30. The number of amides is 2. The molecule has 0 aromatic heterocycles. The summed E-state index contributed by atoms with van der Waals surface area (Å²) in [6, 6.07) is 5.51. The van der Waals surface area contributed by atoms with Crippen molar-refractivity contribution in [3.8, 4) is 0 Å². The summed E-state index contributed by atoms with van der Waals surface area (Å²) in [5.74, 6) is -0.594. The zero-order valence-electron chi connectivity index (χ0n) is 13.0. The molecule has 0 aliphatic heterocycles. The van der Waals surface area contributed by atoms with Crippen LogP contribution in [-0.4, -0.2) is 23.9 Å². The van der Waals surface area contributed by atoms with E-state index in [9.17, 15) is 9.59 Å². The van der Waals surface area contributed by atoms with Gasteiger partial charge in [0.1, 0.15) is 0 Å². The Morgan fingerprint density at radius 2 is 2.00 bits per heavy atom. The summed E-state index contributed by atoms with van der Waals surface area (Å²) in [6.07, 6.45) is 1.39. The molecule has 1 unspecified atom stereocenters. The van der Waals surface area contributed by atoms with Crippen LogP contribution in [0.15, 0.2) is 22.7 Å². The van der Waals surface area contributed by atoms with Gasteiger partial charge >= 0.3 is 0 Å². The van der Waals surface area contributed by atoms with Gasteiger partial charge in [-0.15, -0.1) is 12.4 Å². The molecule has 4 N–H and O–H groups in total. The number of carbonyl (C=O) groups is 2. The maximum Gasteiger partial charge on any atom is 0.243 e. The number of hydrogen-bond donors (Lipinski definition) is 3. The Labute approximate surface area is 145 Å². The molecule has 0 radical (unpaired) electrons. The minimum Gasteiger partial charge on any atom is -0.345 e. The second-order valence-electron chi connectivity index (χ2n) is 5.36. The van der Waals surface area contributed by atoms with Gasteiger partial charge in [0.2, 0.25) is 11.8 Å². The largest absolute Gasteiger partial charge is 0.345 e. The van der Waals surface area contributed by atoms with Crippen LogP contribution in [0.4, 0.5) is 5.69 Å². The van der Waals surface area contributed by atoms with Crippen molar-refractivity contribution in [1.29, 1.82) is 0 Å². The molecule has 0 saturated heterocycles. The number of benzene rings is 1. The average Bonchev–Trinajstić information content (AvgIpc) is 2.40.